The smallest absolute Gasteiger partial charge is 0.326 e. The molecule has 0 aliphatic heterocycles. The minimum Gasteiger partial charge on any atom is -0.457 e. The molecule has 0 spiro atoms. The Morgan fingerprint density at radius 2 is 1.86 bits per heavy atom. The fourth-order valence-electron chi connectivity index (χ4n) is 1.96. The summed E-state index contributed by atoms with van der Waals surface area (Å²) in [7, 11) is -4.40. The molecule has 7 heteroatoms. The minimum atomic E-state index is -4.40. The van der Waals surface area contributed by atoms with Gasteiger partial charge in [-0.05, 0) is 17.0 Å². The lowest BCUT2D eigenvalue weighted by molar-refractivity contribution is -0.146. The number of carbonyl (C=O) groups is 1. The number of fused-ring (bicyclic) bond motifs is 1. The Labute approximate surface area is 127 Å². The number of hydrogen-bond donors (Lipinski definition) is 1. The zero-order valence-electron chi connectivity index (χ0n) is 11.6. The molecule has 22 heavy (non-hydrogen) atoms. The molecule has 2 aromatic rings. The third-order valence-electron chi connectivity index (χ3n) is 2.87. The van der Waals surface area contributed by atoms with Crippen LogP contribution in [0.3, 0.4) is 0 Å². The highest BCUT2D eigenvalue weighted by atomic mass is 32.2. The molecule has 0 heterocycles. The van der Waals surface area contributed by atoms with Crippen molar-refractivity contribution in [3.8, 4) is 5.75 Å². The Morgan fingerprint density at radius 3 is 2.55 bits per heavy atom. The largest absolute Gasteiger partial charge is 0.457 e. The summed E-state index contributed by atoms with van der Waals surface area (Å²) in [6.45, 7) is 3.29. The first kappa shape index (κ1) is 16.0. The van der Waals surface area contributed by atoms with Crippen LogP contribution in [0.25, 0.3) is 16.8 Å². The summed E-state index contributed by atoms with van der Waals surface area (Å²) in [6, 6.07) is 11.0. The van der Waals surface area contributed by atoms with Crippen LogP contribution in [-0.2, 0) is 19.6 Å². The lowest BCUT2D eigenvalue weighted by Crippen LogP contribution is -2.19. The predicted molar refractivity (Wildman–Crippen MR) is 82.0 cm³/mol. The standard InChI is InChI=1S/C15H14O6S/c1-2-11-5-3-7-13-12(11)6-4-8-14(13)20-10-21-15(16)9-22(17,18)19/h2-8H,1,9-10H2,(H,17,18,19). The van der Waals surface area contributed by atoms with E-state index in [9.17, 15) is 13.2 Å². The van der Waals surface area contributed by atoms with Crippen LogP contribution in [0.2, 0.25) is 0 Å². The van der Waals surface area contributed by atoms with Crippen LogP contribution in [0, 0.1) is 0 Å². The fourth-order valence-corrected chi connectivity index (χ4v) is 2.34. The fraction of sp³-hybridized carbons (Fsp3) is 0.133. The Hall–Kier alpha value is -2.38. The van der Waals surface area contributed by atoms with Gasteiger partial charge in [-0.1, -0.05) is 43.0 Å². The van der Waals surface area contributed by atoms with Gasteiger partial charge in [0.2, 0.25) is 6.79 Å². The zero-order chi connectivity index (χ0) is 16.2. The van der Waals surface area contributed by atoms with Crippen molar-refractivity contribution in [2.45, 2.75) is 0 Å². The van der Waals surface area contributed by atoms with Crippen molar-refractivity contribution in [2.75, 3.05) is 12.5 Å². The van der Waals surface area contributed by atoms with Gasteiger partial charge in [0.1, 0.15) is 5.75 Å². The molecule has 0 amide bonds. The first-order chi connectivity index (χ1) is 10.4. The van der Waals surface area contributed by atoms with E-state index in [4.69, 9.17) is 9.29 Å². The Morgan fingerprint density at radius 1 is 1.18 bits per heavy atom. The lowest BCUT2D eigenvalue weighted by atomic mass is 10.0. The van der Waals surface area contributed by atoms with E-state index in [-0.39, 0.29) is 0 Å². The van der Waals surface area contributed by atoms with Gasteiger partial charge in [0.25, 0.3) is 10.1 Å². The predicted octanol–water partition coefficient (Wildman–Crippen LogP) is 2.25. The van der Waals surface area contributed by atoms with E-state index in [0.29, 0.717) is 5.75 Å². The summed E-state index contributed by atoms with van der Waals surface area (Å²) < 4.78 is 39.5. The normalized spacial score (nSPS) is 11.1. The highest BCUT2D eigenvalue weighted by Gasteiger charge is 2.14. The summed E-state index contributed by atoms with van der Waals surface area (Å²) in [4.78, 5) is 11.2. The number of carbonyl (C=O) groups excluding carboxylic acids is 1. The second-order valence-corrected chi connectivity index (χ2v) is 5.86. The average Bonchev–Trinajstić information content (AvgIpc) is 2.45. The third kappa shape index (κ3) is 4.06. The van der Waals surface area contributed by atoms with Gasteiger partial charge >= 0.3 is 5.97 Å². The van der Waals surface area contributed by atoms with Gasteiger partial charge in [-0.3, -0.25) is 9.35 Å². The second-order valence-electron chi connectivity index (χ2n) is 4.41. The van der Waals surface area contributed by atoms with E-state index in [1.165, 1.54) is 0 Å². The van der Waals surface area contributed by atoms with Gasteiger partial charge in [0.05, 0.1) is 0 Å². The van der Waals surface area contributed by atoms with E-state index in [2.05, 4.69) is 11.3 Å². The molecule has 0 saturated heterocycles. The molecule has 1 N–H and O–H groups in total. The van der Waals surface area contributed by atoms with Crippen molar-refractivity contribution in [1.29, 1.82) is 0 Å². The molecule has 116 valence electrons. The molecule has 0 aliphatic carbocycles. The molecule has 0 radical (unpaired) electrons. The van der Waals surface area contributed by atoms with Crippen LogP contribution in [-0.4, -0.2) is 31.5 Å². The summed E-state index contributed by atoms with van der Waals surface area (Å²) >= 11 is 0. The van der Waals surface area contributed by atoms with Gasteiger partial charge in [-0.2, -0.15) is 8.42 Å². The number of benzene rings is 2. The van der Waals surface area contributed by atoms with Gasteiger partial charge in [0.15, 0.2) is 5.75 Å². The zero-order valence-corrected chi connectivity index (χ0v) is 12.4. The maximum atomic E-state index is 11.2. The highest BCUT2D eigenvalue weighted by Crippen LogP contribution is 2.28. The van der Waals surface area contributed by atoms with Crippen molar-refractivity contribution >= 4 is 32.9 Å². The average molecular weight is 322 g/mol. The van der Waals surface area contributed by atoms with Crippen molar-refractivity contribution in [2.24, 2.45) is 0 Å². The van der Waals surface area contributed by atoms with E-state index < -0.39 is 28.6 Å². The van der Waals surface area contributed by atoms with Crippen molar-refractivity contribution in [3.05, 3.63) is 48.5 Å². The molecular formula is C15H14O6S. The molecule has 0 bridgehead atoms. The molecule has 0 aliphatic rings. The van der Waals surface area contributed by atoms with Crippen LogP contribution in [0.4, 0.5) is 0 Å². The SMILES string of the molecule is C=Cc1cccc2c(OCOC(=O)CS(=O)(=O)O)cccc12. The van der Waals surface area contributed by atoms with E-state index in [1.54, 1.807) is 18.2 Å². The summed E-state index contributed by atoms with van der Waals surface area (Å²) in [6.07, 6.45) is 1.72. The molecule has 0 fully saturated rings. The molecule has 0 atom stereocenters. The molecule has 2 rings (SSSR count). The van der Waals surface area contributed by atoms with Gasteiger partial charge < -0.3 is 9.47 Å². The minimum absolute atomic E-state index is 0.453. The molecule has 6 nitrogen and oxygen atoms in total. The first-order valence-electron chi connectivity index (χ1n) is 6.28. The van der Waals surface area contributed by atoms with Gasteiger partial charge in [-0.15, -0.1) is 0 Å². The van der Waals surface area contributed by atoms with Crippen LogP contribution in [0.5, 0.6) is 5.75 Å². The maximum Gasteiger partial charge on any atom is 0.326 e. The Balaban J connectivity index is 2.10. The second kappa shape index (κ2) is 6.59. The summed E-state index contributed by atoms with van der Waals surface area (Å²) in [5.74, 6) is -1.71. The van der Waals surface area contributed by atoms with Crippen molar-refractivity contribution < 1.29 is 27.2 Å². The maximum absolute atomic E-state index is 11.2. The van der Waals surface area contributed by atoms with Gasteiger partial charge in [-0.25, -0.2) is 0 Å². The van der Waals surface area contributed by atoms with Gasteiger partial charge in [0, 0.05) is 5.39 Å². The summed E-state index contributed by atoms with van der Waals surface area (Å²) in [5, 5.41) is 1.74. The monoisotopic (exact) mass is 322 g/mol. The number of rotatable bonds is 6. The van der Waals surface area contributed by atoms with Crippen molar-refractivity contribution in [3.63, 3.8) is 0 Å². The molecule has 2 aromatic carbocycles. The number of hydrogen-bond acceptors (Lipinski definition) is 5. The topological polar surface area (TPSA) is 89.9 Å². The van der Waals surface area contributed by atoms with Crippen LogP contribution in [0.15, 0.2) is 43.0 Å². The van der Waals surface area contributed by atoms with E-state index in [1.807, 2.05) is 24.3 Å². The van der Waals surface area contributed by atoms with E-state index >= 15 is 0 Å². The number of ether oxygens (including phenoxy) is 2. The van der Waals surface area contributed by atoms with E-state index in [0.717, 1.165) is 16.3 Å². The van der Waals surface area contributed by atoms with Crippen LogP contribution in [0.1, 0.15) is 5.56 Å². The molecule has 0 aromatic heterocycles. The quantitative estimate of drug-likeness (QED) is 0.498. The Bertz CT molecular complexity index is 810. The third-order valence-corrected chi connectivity index (χ3v) is 3.47. The lowest BCUT2D eigenvalue weighted by Gasteiger charge is -2.10. The molecule has 0 unspecified atom stereocenters. The van der Waals surface area contributed by atoms with Crippen LogP contribution < -0.4 is 4.74 Å². The summed E-state index contributed by atoms with van der Waals surface area (Å²) in [5.41, 5.74) is 0.936. The first-order valence-corrected chi connectivity index (χ1v) is 7.89. The van der Waals surface area contributed by atoms with Crippen molar-refractivity contribution in [1.82, 2.24) is 0 Å². The number of esters is 1. The highest BCUT2D eigenvalue weighted by molar-refractivity contribution is 7.86. The molecular weight excluding hydrogens is 308 g/mol. The molecule has 0 saturated carbocycles. The van der Waals surface area contributed by atoms with Crippen LogP contribution >= 0.6 is 0 Å². The Kier molecular flexibility index (Phi) is 4.79.